The fraction of sp³-hybridized carbons (Fsp3) is 0.857. The van der Waals surface area contributed by atoms with Crippen molar-refractivity contribution in [2.24, 2.45) is 5.41 Å². The van der Waals surface area contributed by atoms with Gasteiger partial charge in [-0.25, -0.2) is 4.79 Å². The Hall–Kier alpha value is -1.10. The number of carbonyl (C=O) groups is 2. The number of amides is 3. The van der Waals surface area contributed by atoms with Crippen LogP contribution in [-0.4, -0.2) is 42.6 Å². The zero-order valence-corrected chi connectivity index (χ0v) is 11.3. The molecule has 1 aliphatic carbocycles. The van der Waals surface area contributed by atoms with E-state index in [9.17, 15) is 9.59 Å². The van der Waals surface area contributed by atoms with Gasteiger partial charge in [-0.3, -0.25) is 9.69 Å². The van der Waals surface area contributed by atoms with E-state index in [0.29, 0.717) is 19.8 Å². The first-order valence-corrected chi connectivity index (χ1v) is 7.42. The third kappa shape index (κ3) is 2.24. The van der Waals surface area contributed by atoms with Gasteiger partial charge in [0.1, 0.15) is 0 Å². The number of rotatable bonds is 1. The van der Waals surface area contributed by atoms with Crippen molar-refractivity contribution < 1.29 is 14.3 Å². The third-order valence-electron chi connectivity index (χ3n) is 4.80. The summed E-state index contributed by atoms with van der Waals surface area (Å²) in [5, 5.41) is 2.94. The molecule has 1 saturated carbocycles. The average molecular weight is 266 g/mol. The molecule has 2 saturated heterocycles. The molecule has 0 aromatic carbocycles. The molecule has 1 spiro atoms. The normalized spacial score (nSPS) is 31.4. The largest absolute Gasteiger partial charge is 0.379 e. The lowest BCUT2D eigenvalue weighted by Gasteiger charge is -2.42. The van der Waals surface area contributed by atoms with Gasteiger partial charge in [0.25, 0.3) is 0 Å². The van der Waals surface area contributed by atoms with Crippen molar-refractivity contribution in [3.05, 3.63) is 0 Å². The molecule has 3 rings (SSSR count). The van der Waals surface area contributed by atoms with Gasteiger partial charge in [-0.05, 0) is 19.3 Å². The van der Waals surface area contributed by atoms with E-state index in [4.69, 9.17) is 4.74 Å². The van der Waals surface area contributed by atoms with E-state index in [0.717, 1.165) is 32.1 Å². The standard InChI is InChI=1S/C14H22N2O3/c17-12-14(6-3-1-2-4-7-14)10-15-13(18)16(12)11-5-8-19-9-11/h11H,1-10H2,(H,15,18). The van der Waals surface area contributed by atoms with E-state index in [2.05, 4.69) is 5.32 Å². The van der Waals surface area contributed by atoms with Crippen molar-refractivity contribution in [3.8, 4) is 0 Å². The fourth-order valence-corrected chi connectivity index (χ4v) is 3.61. The Morgan fingerprint density at radius 1 is 1.16 bits per heavy atom. The summed E-state index contributed by atoms with van der Waals surface area (Å²) in [7, 11) is 0. The number of nitrogens with one attached hydrogen (secondary N) is 1. The van der Waals surface area contributed by atoms with Crippen LogP contribution in [0.1, 0.15) is 44.9 Å². The zero-order valence-electron chi connectivity index (χ0n) is 11.3. The van der Waals surface area contributed by atoms with Gasteiger partial charge in [-0.2, -0.15) is 0 Å². The van der Waals surface area contributed by atoms with Gasteiger partial charge in [-0.1, -0.05) is 25.7 Å². The van der Waals surface area contributed by atoms with Crippen LogP contribution in [0.2, 0.25) is 0 Å². The van der Waals surface area contributed by atoms with Gasteiger partial charge in [0.15, 0.2) is 0 Å². The topological polar surface area (TPSA) is 58.6 Å². The highest BCUT2D eigenvalue weighted by Crippen LogP contribution is 2.39. The van der Waals surface area contributed by atoms with Crippen LogP contribution in [0.3, 0.4) is 0 Å². The molecule has 106 valence electrons. The summed E-state index contributed by atoms with van der Waals surface area (Å²) in [6, 6.07) is -0.289. The number of urea groups is 1. The van der Waals surface area contributed by atoms with E-state index in [1.165, 1.54) is 17.7 Å². The van der Waals surface area contributed by atoms with Crippen LogP contribution in [0.4, 0.5) is 4.79 Å². The molecule has 5 heteroatoms. The van der Waals surface area contributed by atoms with Crippen molar-refractivity contribution in [1.82, 2.24) is 10.2 Å². The second-order valence-corrected chi connectivity index (χ2v) is 6.05. The Balaban J connectivity index is 1.83. The number of imide groups is 1. The van der Waals surface area contributed by atoms with E-state index < -0.39 is 0 Å². The molecule has 3 amide bonds. The molecule has 0 radical (unpaired) electrons. The molecule has 0 bridgehead atoms. The minimum absolute atomic E-state index is 0.0497. The molecule has 2 aliphatic heterocycles. The minimum atomic E-state index is -0.340. The Morgan fingerprint density at radius 3 is 2.53 bits per heavy atom. The van der Waals surface area contributed by atoms with Gasteiger partial charge in [0, 0.05) is 13.2 Å². The SMILES string of the molecule is O=C1NCC2(CCCCCC2)C(=O)N1C1CCOC1. The number of nitrogens with zero attached hydrogens (tertiary/aromatic N) is 1. The highest BCUT2D eigenvalue weighted by molar-refractivity contribution is 6.00. The third-order valence-corrected chi connectivity index (χ3v) is 4.80. The summed E-state index contributed by atoms with van der Waals surface area (Å²) in [6.07, 6.45) is 7.19. The Bertz CT molecular complexity index is 369. The van der Waals surface area contributed by atoms with E-state index >= 15 is 0 Å². The molecule has 1 N–H and O–H groups in total. The predicted molar refractivity (Wildman–Crippen MR) is 69.6 cm³/mol. The zero-order chi connectivity index (χ0) is 13.3. The summed E-state index contributed by atoms with van der Waals surface area (Å²) in [5.41, 5.74) is -0.340. The van der Waals surface area contributed by atoms with E-state index in [1.54, 1.807) is 0 Å². The molecule has 0 aromatic rings. The van der Waals surface area contributed by atoms with Gasteiger partial charge >= 0.3 is 6.03 Å². The van der Waals surface area contributed by atoms with Crippen molar-refractivity contribution >= 4 is 11.9 Å². The highest BCUT2D eigenvalue weighted by Gasteiger charge is 2.49. The lowest BCUT2D eigenvalue weighted by Crippen LogP contribution is -2.63. The highest BCUT2D eigenvalue weighted by atomic mass is 16.5. The first-order valence-electron chi connectivity index (χ1n) is 7.42. The quantitative estimate of drug-likeness (QED) is 0.785. The van der Waals surface area contributed by atoms with Gasteiger partial charge in [-0.15, -0.1) is 0 Å². The minimum Gasteiger partial charge on any atom is -0.379 e. The fourth-order valence-electron chi connectivity index (χ4n) is 3.61. The molecule has 5 nitrogen and oxygen atoms in total. The Morgan fingerprint density at radius 2 is 1.89 bits per heavy atom. The van der Waals surface area contributed by atoms with Crippen LogP contribution in [-0.2, 0) is 9.53 Å². The monoisotopic (exact) mass is 266 g/mol. The lowest BCUT2D eigenvalue weighted by atomic mass is 9.77. The van der Waals surface area contributed by atoms with Crippen LogP contribution in [0, 0.1) is 5.41 Å². The maximum Gasteiger partial charge on any atom is 0.324 e. The smallest absolute Gasteiger partial charge is 0.324 e. The Kier molecular flexibility index (Phi) is 3.48. The van der Waals surface area contributed by atoms with Gasteiger partial charge in [0.05, 0.1) is 18.1 Å². The first kappa shape index (κ1) is 12.9. The number of carbonyl (C=O) groups excluding carboxylic acids is 2. The molecule has 19 heavy (non-hydrogen) atoms. The second-order valence-electron chi connectivity index (χ2n) is 6.05. The first-order chi connectivity index (χ1) is 9.23. The molecule has 1 unspecified atom stereocenters. The molecule has 3 fully saturated rings. The summed E-state index contributed by atoms with van der Waals surface area (Å²) < 4.78 is 5.33. The van der Waals surface area contributed by atoms with Gasteiger partial charge in [0.2, 0.25) is 5.91 Å². The van der Waals surface area contributed by atoms with Crippen LogP contribution < -0.4 is 5.32 Å². The summed E-state index contributed by atoms with van der Waals surface area (Å²) >= 11 is 0. The molecule has 3 aliphatic rings. The molecular formula is C14H22N2O3. The van der Waals surface area contributed by atoms with Crippen LogP contribution in [0.25, 0.3) is 0 Å². The second kappa shape index (κ2) is 5.12. The average Bonchev–Trinajstić information content (AvgIpc) is 2.81. The molecular weight excluding hydrogens is 244 g/mol. The summed E-state index contributed by atoms with van der Waals surface area (Å²) in [4.78, 5) is 26.4. The van der Waals surface area contributed by atoms with Crippen LogP contribution >= 0.6 is 0 Å². The Labute approximate surface area is 113 Å². The van der Waals surface area contributed by atoms with Crippen molar-refractivity contribution in [2.75, 3.05) is 19.8 Å². The maximum atomic E-state index is 12.9. The molecule has 2 heterocycles. The van der Waals surface area contributed by atoms with Crippen molar-refractivity contribution in [2.45, 2.75) is 51.0 Å². The number of hydrogen-bond acceptors (Lipinski definition) is 3. The lowest BCUT2D eigenvalue weighted by molar-refractivity contribution is -0.143. The maximum absolute atomic E-state index is 12.9. The van der Waals surface area contributed by atoms with Gasteiger partial charge < -0.3 is 10.1 Å². The van der Waals surface area contributed by atoms with Crippen LogP contribution in [0.15, 0.2) is 0 Å². The van der Waals surface area contributed by atoms with Crippen molar-refractivity contribution in [3.63, 3.8) is 0 Å². The summed E-state index contributed by atoms with van der Waals surface area (Å²) in [6.45, 7) is 1.67. The molecule has 0 aromatic heterocycles. The number of hydrogen-bond donors (Lipinski definition) is 1. The predicted octanol–water partition coefficient (Wildman–Crippen LogP) is 1.67. The van der Waals surface area contributed by atoms with Crippen molar-refractivity contribution in [1.29, 1.82) is 0 Å². The van der Waals surface area contributed by atoms with E-state index in [-0.39, 0.29) is 23.4 Å². The molecule has 1 atom stereocenters. The number of ether oxygens (including phenoxy) is 1. The summed E-state index contributed by atoms with van der Waals surface area (Å²) in [5.74, 6) is 0.0497. The van der Waals surface area contributed by atoms with E-state index in [1.807, 2.05) is 0 Å². The van der Waals surface area contributed by atoms with Crippen LogP contribution in [0.5, 0.6) is 0 Å².